The standard InChI is InChI=1S/C15H23NO2S/c1-14(2)11-8-12-15(3,4)16(14)19(17,18)13-9-6-5-7-10-13/h5-7,9-10H,8,11-12H2,1-4H3. The van der Waals surface area contributed by atoms with Gasteiger partial charge in [-0.3, -0.25) is 0 Å². The zero-order valence-corrected chi connectivity index (χ0v) is 13.0. The highest BCUT2D eigenvalue weighted by atomic mass is 32.2. The molecule has 0 saturated carbocycles. The molecule has 1 aliphatic rings. The van der Waals surface area contributed by atoms with Crippen LogP contribution in [0, 0.1) is 0 Å². The fourth-order valence-corrected chi connectivity index (χ4v) is 5.52. The van der Waals surface area contributed by atoms with E-state index in [2.05, 4.69) is 0 Å². The van der Waals surface area contributed by atoms with Crippen molar-refractivity contribution in [3.63, 3.8) is 0 Å². The van der Waals surface area contributed by atoms with E-state index in [4.69, 9.17) is 0 Å². The van der Waals surface area contributed by atoms with Crippen LogP contribution < -0.4 is 0 Å². The van der Waals surface area contributed by atoms with Gasteiger partial charge in [-0.2, -0.15) is 4.31 Å². The molecule has 0 bridgehead atoms. The van der Waals surface area contributed by atoms with Crippen molar-refractivity contribution in [2.45, 2.75) is 62.9 Å². The van der Waals surface area contributed by atoms with Gasteiger partial charge < -0.3 is 0 Å². The van der Waals surface area contributed by atoms with Gasteiger partial charge >= 0.3 is 0 Å². The average molecular weight is 281 g/mol. The third-order valence-electron chi connectivity index (χ3n) is 3.96. The molecule has 0 N–H and O–H groups in total. The van der Waals surface area contributed by atoms with Crippen molar-refractivity contribution in [3.05, 3.63) is 30.3 Å². The lowest BCUT2D eigenvalue weighted by Gasteiger charge is -2.51. The van der Waals surface area contributed by atoms with E-state index in [1.165, 1.54) is 0 Å². The predicted molar refractivity (Wildman–Crippen MR) is 77.5 cm³/mol. The monoisotopic (exact) mass is 281 g/mol. The average Bonchev–Trinajstić information content (AvgIpc) is 2.27. The molecule has 0 unspecified atom stereocenters. The van der Waals surface area contributed by atoms with Crippen LogP contribution in [0.1, 0.15) is 47.0 Å². The fourth-order valence-electron chi connectivity index (χ4n) is 3.32. The normalized spacial score (nSPS) is 23.2. The van der Waals surface area contributed by atoms with E-state index in [1.807, 2.05) is 33.8 Å². The second-order valence-corrected chi connectivity index (χ2v) is 8.35. The van der Waals surface area contributed by atoms with Crippen LogP contribution in [0.2, 0.25) is 0 Å². The van der Waals surface area contributed by atoms with E-state index in [9.17, 15) is 8.42 Å². The van der Waals surface area contributed by atoms with Gasteiger partial charge in [0, 0.05) is 11.1 Å². The van der Waals surface area contributed by atoms with E-state index in [1.54, 1.807) is 28.6 Å². The Morgan fingerprint density at radius 1 is 0.947 bits per heavy atom. The number of sulfonamides is 1. The summed E-state index contributed by atoms with van der Waals surface area (Å²) in [5.74, 6) is 0. The van der Waals surface area contributed by atoms with Gasteiger partial charge in [0.25, 0.3) is 0 Å². The van der Waals surface area contributed by atoms with Crippen molar-refractivity contribution in [2.75, 3.05) is 0 Å². The number of nitrogens with zero attached hydrogens (tertiary/aromatic N) is 1. The highest BCUT2D eigenvalue weighted by molar-refractivity contribution is 7.89. The summed E-state index contributed by atoms with van der Waals surface area (Å²) in [6, 6.07) is 8.74. The second-order valence-electron chi connectivity index (χ2n) is 6.56. The van der Waals surface area contributed by atoms with E-state index in [0.29, 0.717) is 4.90 Å². The molecule has 2 rings (SSSR count). The Balaban J connectivity index is 2.54. The second kappa shape index (κ2) is 4.60. The van der Waals surface area contributed by atoms with Crippen LogP contribution in [-0.4, -0.2) is 23.8 Å². The third-order valence-corrected chi connectivity index (χ3v) is 6.30. The summed E-state index contributed by atoms with van der Waals surface area (Å²) in [6.07, 6.45) is 2.88. The van der Waals surface area contributed by atoms with Gasteiger partial charge in [0.1, 0.15) is 0 Å². The van der Waals surface area contributed by atoms with Crippen LogP contribution in [0.3, 0.4) is 0 Å². The Bertz CT molecular complexity index is 531. The van der Waals surface area contributed by atoms with Crippen molar-refractivity contribution < 1.29 is 8.42 Å². The molecule has 1 aliphatic heterocycles. The molecule has 1 aromatic carbocycles. The van der Waals surface area contributed by atoms with Crippen LogP contribution in [0.4, 0.5) is 0 Å². The van der Waals surface area contributed by atoms with Gasteiger partial charge in [-0.1, -0.05) is 18.2 Å². The van der Waals surface area contributed by atoms with Crippen molar-refractivity contribution in [3.8, 4) is 0 Å². The van der Waals surface area contributed by atoms with Gasteiger partial charge in [-0.05, 0) is 59.1 Å². The molecular weight excluding hydrogens is 258 g/mol. The molecule has 3 nitrogen and oxygen atoms in total. The molecule has 0 aliphatic carbocycles. The predicted octanol–water partition coefficient (Wildman–Crippen LogP) is 3.42. The van der Waals surface area contributed by atoms with Crippen LogP contribution in [-0.2, 0) is 10.0 Å². The van der Waals surface area contributed by atoms with Gasteiger partial charge in [0.15, 0.2) is 0 Å². The van der Waals surface area contributed by atoms with Gasteiger partial charge in [-0.25, -0.2) is 8.42 Å². The maximum absolute atomic E-state index is 12.9. The molecule has 0 amide bonds. The van der Waals surface area contributed by atoms with Crippen molar-refractivity contribution in [1.29, 1.82) is 0 Å². The molecule has 4 heteroatoms. The molecular formula is C15H23NO2S. The molecule has 1 aromatic rings. The van der Waals surface area contributed by atoms with Gasteiger partial charge in [0.05, 0.1) is 4.90 Å². The smallest absolute Gasteiger partial charge is 0.207 e. The zero-order chi connectivity index (χ0) is 14.3. The van der Waals surface area contributed by atoms with Crippen molar-refractivity contribution in [1.82, 2.24) is 4.31 Å². The first-order valence-corrected chi connectivity index (χ1v) is 8.23. The maximum atomic E-state index is 12.9. The van der Waals surface area contributed by atoms with Gasteiger partial charge in [0.2, 0.25) is 10.0 Å². The Kier molecular flexibility index (Phi) is 3.52. The van der Waals surface area contributed by atoms with Crippen molar-refractivity contribution in [2.24, 2.45) is 0 Å². The fraction of sp³-hybridized carbons (Fsp3) is 0.600. The van der Waals surface area contributed by atoms with Crippen LogP contribution in [0.15, 0.2) is 35.2 Å². The summed E-state index contributed by atoms with van der Waals surface area (Å²) in [5, 5.41) is 0. The first kappa shape index (κ1) is 14.5. The summed E-state index contributed by atoms with van der Waals surface area (Å²) in [7, 11) is -3.44. The Labute approximate surface area is 116 Å². The summed E-state index contributed by atoms with van der Waals surface area (Å²) >= 11 is 0. The third kappa shape index (κ3) is 2.56. The van der Waals surface area contributed by atoms with E-state index in [0.717, 1.165) is 19.3 Å². The molecule has 1 fully saturated rings. The highest BCUT2D eigenvalue weighted by Gasteiger charge is 2.48. The van der Waals surface area contributed by atoms with E-state index in [-0.39, 0.29) is 11.1 Å². The largest absolute Gasteiger partial charge is 0.244 e. The number of benzene rings is 1. The summed E-state index contributed by atoms with van der Waals surface area (Å²) in [5.41, 5.74) is -0.674. The minimum absolute atomic E-state index is 0.337. The summed E-state index contributed by atoms with van der Waals surface area (Å²) in [6.45, 7) is 8.09. The molecule has 19 heavy (non-hydrogen) atoms. The van der Waals surface area contributed by atoms with Crippen LogP contribution >= 0.6 is 0 Å². The molecule has 106 valence electrons. The highest BCUT2D eigenvalue weighted by Crippen LogP contribution is 2.42. The summed E-state index contributed by atoms with van der Waals surface area (Å²) in [4.78, 5) is 0.387. The topological polar surface area (TPSA) is 37.4 Å². The lowest BCUT2D eigenvalue weighted by Crippen LogP contribution is -2.60. The molecule has 0 spiro atoms. The number of hydrogen-bond acceptors (Lipinski definition) is 2. The molecule has 0 aromatic heterocycles. The zero-order valence-electron chi connectivity index (χ0n) is 12.2. The Morgan fingerprint density at radius 3 is 1.89 bits per heavy atom. The molecule has 1 saturated heterocycles. The quantitative estimate of drug-likeness (QED) is 0.833. The minimum atomic E-state index is -3.44. The number of piperidine rings is 1. The lowest BCUT2D eigenvalue weighted by atomic mass is 9.83. The first-order chi connectivity index (χ1) is 8.68. The van der Waals surface area contributed by atoms with Gasteiger partial charge in [-0.15, -0.1) is 0 Å². The first-order valence-electron chi connectivity index (χ1n) is 6.79. The lowest BCUT2D eigenvalue weighted by molar-refractivity contribution is 0.0558. The Hall–Kier alpha value is -0.870. The van der Waals surface area contributed by atoms with Crippen LogP contribution in [0.5, 0.6) is 0 Å². The maximum Gasteiger partial charge on any atom is 0.244 e. The molecule has 0 radical (unpaired) electrons. The number of rotatable bonds is 2. The summed E-state index contributed by atoms with van der Waals surface area (Å²) < 4.78 is 27.6. The minimum Gasteiger partial charge on any atom is -0.207 e. The van der Waals surface area contributed by atoms with Crippen molar-refractivity contribution >= 4 is 10.0 Å². The van der Waals surface area contributed by atoms with Crippen LogP contribution in [0.25, 0.3) is 0 Å². The van der Waals surface area contributed by atoms with E-state index < -0.39 is 10.0 Å². The van der Waals surface area contributed by atoms with E-state index >= 15 is 0 Å². The number of hydrogen-bond donors (Lipinski definition) is 0. The Morgan fingerprint density at radius 2 is 1.42 bits per heavy atom. The molecule has 0 atom stereocenters. The molecule has 1 heterocycles. The SMILES string of the molecule is CC1(C)CCCC(C)(C)N1S(=O)(=O)c1ccccc1.